The summed E-state index contributed by atoms with van der Waals surface area (Å²) < 4.78 is 0. The van der Waals surface area contributed by atoms with Gasteiger partial charge in [0, 0.05) is 24.3 Å². The topological polar surface area (TPSA) is 85.2 Å². The maximum atomic E-state index is 12.0. The van der Waals surface area contributed by atoms with Crippen LogP contribution in [0, 0.1) is 11.3 Å². The predicted molar refractivity (Wildman–Crippen MR) is 102 cm³/mol. The van der Waals surface area contributed by atoms with Crippen molar-refractivity contribution in [2.45, 2.75) is 12.8 Å². The first-order valence-corrected chi connectivity index (χ1v) is 8.61. The van der Waals surface area contributed by atoms with Crippen molar-refractivity contribution in [2.75, 3.05) is 13.1 Å². The molecule has 0 aromatic heterocycles. The first kappa shape index (κ1) is 19.4. The van der Waals surface area contributed by atoms with Crippen LogP contribution in [-0.2, 0) is 17.6 Å². The van der Waals surface area contributed by atoms with E-state index in [0.29, 0.717) is 31.0 Å². The van der Waals surface area contributed by atoms with E-state index in [-0.39, 0.29) is 11.3 Å². The predicted octanol–water partition coefficient (Wildman–Crippen LogP) is 2.94. The number of carbonyl (C=O) groups is 1. The molecule has 6 heteroatoms. The van der Waals surface area contributed by atoms with Gasteiger partial charge >= 0.3 is 0 Å². The van der Waals surface area contributed by atoms with E-state index in [0.717, 1.165) is 11.1 Å². The summed E-state index contributed by atoms with van der Waals surface area (Å²) in [6, 6.07) is 16.2. The molecule has 0 aliphatic heterocycles. The molecule has 0 atom stereocenters. The van der Waals surface area contributed by atoms with E-state index < -0.39 is 5.91 Å². The molecule has 0 aliphatic rings. The van der Waals surface area contributed by atoms with Gasteiger partial charge in [-0.3, -0.25) is 4.79 Å². The molecule has 3 N–H and O–H groups in total. The monoisotopic (exact) mass is 369 g/mol. The lowest BCUT2D eigenvalue weighted by atomic mass is 10.1. The highest BCUT2D eigenvalue weighted by Gasteiger charge is 2.08. The molecular formula is C20H20ClN3O2. The van der Waals surface area contributed by atoms with Crippen LogP contribution in [0.2, 0.25) is 5.02 Å². The summed E-state index contributed by atoms with van der Waals surface area (Å²) in [7, 11) is 0. The molecule has 26 heavy (non-hydrogen) atoms. The molecular weight excluding hydrogens is 350 g/mol. The molecule has 0 saturated carbocycles. The normalized spacial score (nSPS) is 10.8. The van der Waals surface area contributed by atoms with Crippen LogP contribution in [0.4, 0.5) is 0 Å². The number of nitrogens with zero attached hydrogens (tertiary/aromatic N) is 1. The van der Waals surface area contributed by atoms with Crippen LogP contribution < -0.4 is 10.6 Å². The highest BCUT2D eigenvalue weighted by molar-refractivity contribution is 6.31. The van der Waals surface area contributed by atoms with Crippen LogP contribution >= 0.6 is 11.6 Å². The van der Waals surface area contributed by atoms with Gasteiger partial charge in [0.05, 0.1) is 0 Å². The highest BCUT2D eigenvalue weighted by atomic mass is 35.5. The zero-order valence-electron chi connectivity index (χ0n) is 14.2. The van der Waals surface area contributed by atoms with Gasteiger partial charge in [-0.2, -0.15) is 5.26 Å². The number of benzene rings is 2. The van der Waals surface area contributed by atoms with E-state index in [1.165, 1.54) is 6.20 Å². The number of phenols is 1. The molecule has 0 spiro atoms. The first-order chi connectivity index (χ1) is 12.6. The molecule has 0 bridgehead atoms. The van der Waals surface area contributed by atoms with Gasteiger partial charge in [-0.1, -0.05) is 41.9 Å². The minimum atomic E-state index is -0.420. The van der Waals surface area contributed by atoms with Crippen molar-refractivity contribution in [3.63, 3.8) is 0 Å². The molecule has 0 aliphatic carbocycles. The zero-order chi connectivity index (χ0) is 18.8. The Morgan fingerprint density at radius 2 is 1.85 bits per heavy atom. The van der Waals surface area contributed by atoms with E-state index in [9.17, 15) is 9.90 Å². The summed E-state index contributed by atoms with van der Waals surface area (Å²) in [5.41, 5.74) is 2.02. The molecule has 0 unspecified atom stereocenters. The Bertz CT molecular complexity index is 811. The number of hydrogen-bond donors (Lipinski definition) is 3. The Morgan fingerprint density at radius 3 is 2.54 bits per heavy atom. The number of rotatable bonds is 8. The van der Waals surface area contributed by atoms with Gasteiger partial charge in [-0.05, 0) is 42.2 Å². The Morgan fingerprint density at radius 1 is 1.12 bits per heavy atom. The van der Waals surface area contributed by atoms with Crippen molar-refractivity contribution in [3.8, 4) is 11.8 Å². The van der Waals surface area contributed by atoms with Crippen molar-refractivity contribution < 1.29 is 9.90 Å². The summed E-state index contributed by atoms with van der Waals surface area (Å²) in [6.07, 6.45) is 2.73. The summed E-state index contributed by atoms with van der Waals surface area (Å²) in [5, 5.41) is 24.8. The van der Waals surface area contributed by atoms with Gasteiger partial charge < -0.3 is 15.7 Å². The fourth-order valence-electron chi connectivity index (χ4n) is 2.31. The van der Waals surface area contributed by atoms with Crippen LogP contribution in [-0.4, -0.2) is 24.1 Å². The molecule has 0 fully saturated rings. The Labute approximate surface area is 157 Å². The van der Waals surface area contributed by atoms with Gasteiger partial charge in [0.15, 0.2) is 0 Å². The van der Waals surface area contributed by atoms with Gasteiger partial charge in [-0.25, -0.2) is 0 Å². The second-order valence-electron chi connectivity index (χ2n) is 5.64. The second kappa shape index (κ2) is 10.1. The van der Waals surface area contributed by atoms with Gasteiger partial charge in [0.1, 0.15) is 17.4 Å². The lowest BCUT2D eigenvalue weighted by molar-refractivity contribution is -0.117. The maximum absolute atomic E-state index is 12.0. The molecule has 5 nitrogen and oxygen atoms in total. The van der Waals surface area contributed by atoms with Crippen LogP contribution in [0.5, 0.6) is 5.75 Å². The van der Waals surface area contributed by atoms with Gasteiger partial charge in [0.25, 0.3) is 5.91 Å². The number of aromatic hydroxyl groups is 1. The number of nitriles is 1. The zero-order valence-corrected chi connectivity index (χ0v) is 15.0. The van der Waals surface area contributed by atoms with Crippen molar-refractivity contribution in [1.82, 2.24) is 10.6 Å². The average molecular weight is 370 g/mol. The fourth-order valence-corrected chi connectivity index (χ4v) is 2.54. The third kappa shape index (κ3) is 6.15. The SMILES string of the molecule is N#C/C(=C/NCCc1ccccc1Cl)C(=O)NCCc1ccc(O)cc1. The van der Waals surface area contributed by atoms with Crippen molar-refractivity contribution >= 4 is 17.5 Å². The number of halogens is 1. The molecule has 134 valence electrons. The minimum Gasteiger partial charge on any atom is -0.508 e. The largest absolute Gasteiger partial charge is 0.508 e. The first-order valence-electron chi connectivity index (χ1n) is 8.23. The Kier molecular flexibility index (Phi) is 7.53. The molecule has 2 aromatic rings. The van der Waals surface area contributed by atoms with E-state index in [4.69, 9.17) is 16.9 Å². The molecule has 0 saturated heterocycles. The number of amides is 1. The quantitative estimate of drug-likeness (QED) is 0.379. The third-order valence-corrected chi connectivity index (χ3v) is 4.11. The fraction of sp³-hybridized carbons (Fsp3) is 0.200. The lowest BCUT2D eigenvalue weighted by Crippen LogP contribution is -2.28. The summed E-state index contributed by atoms with van der Waals surface area (Å²) in [4.78, 5) is 12.0. The highest BCUT2D eigenvalue weighted by Crippen LogP contribution is 2.14. The molecule has 2 rings (SSSR count). The number of phenolic OH excluding ortho intramolecular Hbond substituents is 1. The van der Waals surface area contributed by atoms with Crippen LogP contribution in [0.3, 0.4) is 0 Å². The molecule has 0 heterocycles. The lowest BCUT2D eigenvalue weighted by Gasteiger charge is -2.06. The smallest absolute Gasteiger partial charge is 0.263 e. The van der Waals surface area contributed by atoms with E-state index in [1.807, 2.05) is 30.3 Å². The van der Waals surface area contributed by atoms with Gasteiger partial charge in [0.2, 0.25) is 0 Å². The van der Waals surface area contributed by atoms with Crippen molar-refractivity contribution in [3.05, 3.63) is 76.5 Å². The molecule has 2 aromatic carbocycles. The standard InChI is InChI=1S/C20H20ClN3O2/c21-19-4-2-1-3-16(19)10-11-23-14-17(13-22)20(26)24-12-9-15-5-7-18(25)8-6-15/h1-8,14,23,25H,9-12H2,(H,24,26)/b17-14-. The van der Waals surface area contributed by atoms with Gasteiger partial charge in [-0.15, -0.1) is 0 Å². The third-order valence-electron chi connectivity index (χ3n) is 3.74. The van der Waals surface area contributed by atoms with Crippen molar-refractivity contribution in [1.29, 1.82) is 5.26 Å². The summed E-state index contributed by atoms with van der Waals surface area (Å²) in [6.45, 7) is 0.970. The molecule has 1 amide bonds. The maximum Gasteiger partial charge on any atom is 0.263 e. The number of carbonyl (C=O) groups excluding carboxylic acids is 1. The molecule has 0 radical (unpaired) electrons. The van der Waals surface area contributed by atoms with E-state index >= 15 is 0 Å². The van der Waals surface area contributed by atoms with E-state index in [1.54, 1.807) is 24.3 Å². The number of hydrogen-bond acceptors (Lipinski definition) is 4. The summed E-state index contributed by atoms with van der Waals surface area (Å²) in [5.74, 6) is -0.216. The van der Waals surface area contributed by atoms with E-state index in [2.05, 4.69) is 10.6 Å². The van der Waals surface area contributed by atoms with Crippen LogP contribution in [0.25, 0.3) is 0 Å². The Hall–Kier alpha value is -2.97. The summed E-state index contributed by atoms with van der Waals surface area (Å²) >= 11 is 6.09. The van der Waals surface area contributed by atoms with Crippen LogP contribution in [0.15, 0.2) is 60.3 Å². The average Bonchev–Trinajstić information content (AvgIpc) is 2.64. The van der Waals surface area contributed by atoms with Crippen LogP contribution in [0.1, 0.15) is 11.1 Å². The Balaban J connectivity index is 1.76. The second-order valence-corrected chi connectivity index (χ2v) is 6.04. The van der Waals surface area contributed by atoms with Crippen molar-refractivity contribution in [2.24, 2.45) is 0 Å². The number of nitrogens with one attached hydrogen (secondary N) is 2. The minimum absolute atomic E-state index is 0.0230.